The maximum atomic E-state index is 6.01. The third-order valence-corrected chi connectivity index (χ3v) is 3.52. The molecule has 1 aliphatic rings. The standard InChI is InChI=1S/C14H16ClN5/c1-3-16-13-17-12(15)18-14(19-13)20-9(2)8-10-6-4-5-7-11(10)20/h4-7,9H,3,8H2,1-2H3,(H,16,17,18,19). The number of para-hydroxylation sites is 1. The Labute approximate surface area is 123 Å². The van der Waals surface area contributed by atoms with Crippen molar-refractivity contribution in [3.8, 4) is 0 Å². The van der Waals surface area contributed by atoms with Gasteiger partial charge in [-0.05, 0) is 43.5 Å². The Bertz CT molecular complexity index is 631. The first kappa shape index (κ1) is 13.1. The van der Waals surface area contributed by atoms with Crippen LogP contribution in [0.15, 0.2) is 24.3 Å². The molecule has 0 bridgehead atoms. The van der Waals surface area contributed by atoms with E-state index in [1.807, 2.05) is 13.0 Å². The monoisotopic (exact) mass is 289 g/mol. The van der Waals surface area contributed by atoms with Gasteiger partial charge in [0.1, 0.15) is 0 Å². The number of fused-ring (bicyclic) bond motifs is 1. The molecule has 0 amide bonds. The van der Waals surface area contributed by atoms with Crippen LogP contribution in [0.1, 0.15) is 19.4 Å². The molecular formula is C14H16ClN5. The van der Waals surface area contributed by atoms with Crippen LogP contribution >= 0.6 is 11.6 Å². The average molecular weight is 290 g/mol. The lowest BCUT2D eigenvalue weighted by atomic mass is 10.1. The van der Waals surface area contributed by atoms with Gasteiger partial charge in [-0.15, -0.1) is 0 Å². The Morgan fingerprint density at radius 2 is 2.10 bits per heavy atom. The molecule has 1 unspecified atom stereocenters. The van der Waals surface area contributed by atoms with E-state index in [-0.39, 0.29) is 5.28 Å². The van der Waals surface area contributed by atoms with Crippen LogP contribution in [0.25, 0.3) is 0 Å². The first-order valence-corrected chi connectivity index (χ1v) is 7.09. The largest absolute Gasteiger partial charge is 0.354 e. The van der Waals surface area contributed by atoms with Crippen molar-refractivity contribution in [3.63, 3.8) is 0 Å². The lowest BCUT2D eigenvalue weighted by molar-refractivity contribution is 0.737. The summed E-state index contributed by atoms with van der Waals surface area (Å²) in [6.07, 6.45) is 0.982. The molecule has 0 fully saturated rings. The van der Waals surface area contributed by atoms with Gasteiger partial charge >= 0.3 is 0 Å². The number of anilines is 3. The lowest BCUT2D eigenvalue weighted by Crippen LogP contribution is -2.26. The van der Waals surface area contributed by atoms with E-state index in [2.05, 4.69) is 50.3 Å². The average Bonchev–Trinajstić information content (AvgIpc) is 2.74. The molecule has 1 atom stereocenters. The third kappa shape index (κ3) is 2.29. The first-order chi connectivity index (χ1) is 9.69. The van der Waals surface area contributed by atoms with Gasteiger partial charge in [0.15, 0.2) is 0 Å². The van der Waals surface area contributed by atoms with Gasteiger partial charge in [-0.3, -0.25) is 0 Å². The second kappa shape index (κ2) is 5.25. The van der Waals surface area contributed by atoms with Crippen LogP contribution in [-0.2, 0) is 6.42 Å². The van der Waals surface area contributed by atoms with Crippen molar-refractivity contribution in [2.24, 2.45) is 0 Å². The summed E-state index contributed by atoms with van der Waals surface area (Å²) in [5.74, 6) is 1.11. The summed E-state index contributed by atoms with van der Waals surface area (Å²) in [5, 5.41) is 3.29. The summed E-state index contributed by atoms with van der Waals surface area (Å²) >= 11 is 6.01. The number of halogens is 1. The van der Waals surface area contributed by atoms with E-state index in [0.29, 0.717) is 17.9 Å². The minimum atomic E-state index is 0.211. The summed E-state index contributed by atoms with van der Waals surface area (Å²) < 4.78 is 0. The van der Waals surface area contributed by atoms with Crippen molar-refractivity contribution in [1.82, 2.24) is 15.0 Å². The van der Waals surface area contributed by atoms with Gasteiger partial charge in [-0.25, -0.2) is 0 Å². The molecule has 3 rings (SSSR count). The van der Waals surface area contributed by atoms with Crippen LogP contribution in [0, 0.1) is 0 Å². The molecule has 1 aromatic heterocycles. The zero-order valence-electron chi connectivity index (χ0n) is 11.5. The van der Waals surface area contributed by atoms with Crippen molar-refractivity contribution < 1.29 is 0 Å². The Morgan fingerprint density at radius 3 is 2.90 bits per heavy atom. The highest BCUT2D eigenvalue weighted by Crippen LogP contribution is 2.36. The summed E-state index contributed by atoms with van der Waals surface area (Å²) in [7, 11) is 0. The maximum Gasteiger partial charge on any atom is 0.236 e. The molecule has 1 aromatic carbocycles. The Morgan fingerprint density at radius 1 is 1.30 bits per heavy atom. The normalized spacial score (nSPS) is 17.1. The van der Waals surface area contributed by atoms with Crippen molar-refractivity contribution >= 4 is 29.2 Å². The van der Waals surface area contributed by atoms with E-state index in [9.17, 15) is 0 Å². The van der Waals surface area contributed by atoms with Gasteiger partial charge in [0.05, 0.1) is 0 Å². The van der Waals surface area contributed by atoms with E-state index < -0.39 is 0 Å². The first-order valence-electron chi connectivity index (χ1n) is 6.71. The molecule has 0 radical (unpaired) electrons. The minimum Gasteiger partial charge on any atom is -0.354 e. The highest BCUT2D eigenvalue weighted by molar-refractivity contribution is 6.28. The number of nitrogens with one attached hydrogen (secondary N) is 1. The topological polar surface area (TPSA) is 53.9 Å². The van der Waals surface area contributed by atoms with Gasteiger partial charge < -0.3 is 10.2 Å². The fourth-order valence-electron chi connectivity index (χ4n) is 2.55. The molecule has 0 saturated carbocycles. The maximum absolute atomic E-state index is 6.01. The van der Waals surface area contributed by atoms with Gasteiger partial charge in [0.2, 0.25) is 17.2 Å². The third-order valence-electron chi connectivity index (χ3n) is 3.35. The molecule has 2 aromatic rings. The van der Waals surface area contributed by atoms with Crippen molar-refractivity contribution in [1.29, 1.82) is 0 Å². The molecule has 20 heavy (non-hydrogen) atoms. The molecule has 104 valence electrons. The van der Waals surface area contributed by atoms with E-state index in [1.54, 1.807) is 0 Å². The molecule has 0 spiro atoms. The highest BCUT2D eigenvalue weighted by Gasteiger charge is 2.29. The van der Waals surface area contributed by atoms with Gasteiger partial charge in [-0.1, -0.05) is 18.2 Å². The second-order valence-electron chi connectivity index (χ2n) is 4.81. The van der Waals surface area contributed by atoms with Crippen LogP contribution in [0.5, 0.6) is 0 Å². The Kier molecular flexibility index (Phi) is 3.44. The van der Waals surface area contributed by atoms with Crippen LogP contribution in [0.3, 0.4) is 0 Å². The number of rotatable bonds is 3. The van der Waals surface area contributed by atoms with Gasteiger partial charge in [-0.2, -0.15) is 15.0 Å². The summed E-state index contributed by atoms with van der Waals surface area (Å²) in [6, 6.07) is 8.61. The Balaban J connectivity index is 2.04. The lowest BCUT2D eigenvalue weighted by Gasteiger charge is -2.22. The second-order valence-corrected chi connectivity index (χ2v) is 5.15. The number of benzene rings is 1. The van der Waals surface area contributed by atoms with Crippen molar-refractivity contribution in [2.45, 2.75) is 26.3 Å². The molecule has 1 N–H and O–H groups in total. The molecular weight excluding hydrogens is 274 g/mol. The fourth-order valence-corrected chi connectivity index (χ4v) is 2.71. The number of hydrogen-bond acceptors (Lipinski definition) is 5. The summed E-state index contributed by atoms with van der Waals surface area (Å²) in [5.41, 5.74) is 2.45. The molecule has 6 heteroatoms. The van der Waals surface area contributed by atoms with E-state index >= 15 is 0 Å². The zero-order chi connectivity index (χ0) is 14.1. The summed E-state index contributed by atoms with van der Waals surface area (Å²) in [6.45, 7) is 4.89. The quantitative estimate of drug-likeness (QED) is 0.941. The molecule has 0 aliphatic carbocycles. The molecule has 2 heterocycles. The smallest absolute Gasteiger partial charge is 0.236 e. The minimum absolute atomic E-state index is 0.211. The predicted molar refractivity (Wildman–Crippen MR) is 80.7 cm³/mol. The van der Waals surface area contributed by atoms with Gasteiger partial charge in [0.25, 0.3) is 0 Å². The number of aromatic nitrogens is 3. The molecule has 5 nitrogen and oxygen atoms in total. The van der Waals surface area contributed by atoms with Crippen molar-refractivity contribution in [2.75, 3.05) is 16.8 Å². The van der Waals surface area contributed by atoms with E-state index in [1.165, 1.54) is 5.56 Å². The fraction of sp³-hybridized carbons (Fsp3) is 0.357. The van der Waals surface area contributed by atoms with Crippen LogP contribution in [0.4, 0.5) is 17.6 Å². The number of nitrogens with zero attached hydrogens (tertiary/aromatic N) is 4. The SMILES string of the molecule is CCNc1nc(Cl)nc(N2c3ccccc3CC2C)n1. The van der Waals surface area contributed by atoms with Crippen molar-refractivity contribution in [3.05, 3.63) is 35.1 Å². The molecule has 1 aliphatic heterocycles. The number of hydrogen-bond donors (Lipinski definition) is 1. The summed E-state index contributed by atoms with van der Waals surface area (Å²) in [4.78, 5) is 14.9. The van der Waals surface area contributed by atoms with Gasteiger partial charge in [0, 0.05) is 18.3 Å². The predicted octanol–water partition coefficient (Wildman–Crippen LogP) is 3.04. The molecule has 0 saturated heterocycles. The highest BCUT2D eigenvalue weighted by atomic mass is 35.5. The van der Waals surface area contributed by atoms with Crippen LogP contribution in [0.2, 0.25) is 5.28 Å². The Hall–Kier alpha value is -1.88. The zero-order valence-corrected chi connectivity index (χ0v) is 12.2. The van der Waals surface area contributed by atoms with E-state index in [0.717, 1.165) is 18.7 Å². The van der Waals surface area contributed by atoms with Crippen LogP contribution < -0.4 is 10.2 Å². The van der Waals surface area contributed by atoms with E-state index in [4.69, 9.17) is 11.6 Å². The van der Waals surface area contributed by atoms with Crippen LogP contribution in [-0.4, -0.2) is 27.5 Å².